The van der Waals surface area contributed by atoms with Crippen molar-refractivity contribution >= 4 is 17.5 Å². The highest BCUT2D eigenvalue weighted by atomic mass is 19.1. The van der Waals surface area contributed by atoms with Crippen LogP contribution < -0.4 is 0 Å². The van der Waals surface area contributed by atoms with Gasteiger partial charge in [0.2, 0.25) is 0 Å². The van der Waals surface area contributed by atoms with Gasteiger partial charge in [-0.15, -0.1) is 6.58 Å². The van der Waals surface area contributed by atoms with Crippen molar-refractivity contribution in [2.75, 3.05) is 26.4 Å². The number of rotatable bonds is 18. The zero-order chi connectivity index (χ0) is 35.2. The van der Waals surface area contributed by atoms with Crippen LogP contribution >= 0.6 is 0 Å². The lowest BCUT2D eigenvalue weighted by atomic mass is 9.74. The van der Waals surface area contributed by atoms with E-state index in [9.17, 15) is 9.59 Å². The van der Waals surface area contributed by atoms with Gasteiger partial charge in [-0.2, -0.15) is 0 Å². The SMILES string of the molecule is C=CCCC1CCC(C2=C(F)C=C(C3=CC=C(c4cc(CCCOC(=O)C(=C)CO)cc(CCCOC(=O)C(=C)CO)c4)CC3)CC2)CC1. The Bertz CT molecular complexity index is 1450. The number of aryl methyl sites for hydroxylation is 2. The van der Waals surface area contributed by atoms with Crippen molar-refractivity contribution in [1.29, 1.82) is 0 Å². The lowest BCUT2D eigenvalue weighted by molar-refractivity contribution is -0.140. The summed E-state index contributed by atoms with van der Waals surface area (Å²) >= 11 is 0. The molecule has 0 unspecified atom stereocenters. The first-order chi connectivity index (χ1) is 23.7. The summed E-state index contributed by atoms with van der Waals surface area (Å²) in [7, 11) is 0. The van der Waals surface area contributed by atoms with Crippen LogP contribution in [0.25, 0.3) is 5.57 Å². The van der Waals surface area contributed by atoms with E-state index < -0.39 is 25.2 Å². The molecule has 0 heterocycles. The summed E-state index contributed by atoms with van der Waals surface area (Å²) in [5.41, 5.74) is 7.96. The molecule has 6 nitrogen and oxygen atoms in total. The molecule has 0 amide bonds. The molecule has 0 bridgehead atoms. The third-order valence-corrected chi connectivity index (χ3v) is 10.0. The number of ether oxygens (including phenoxy) is 2. The summed E-state index contributed by atoms with van der Waals surface area (Å²) in [5, 5.41) is 18.2. The van der Waals surface area contributed by atoms with Crippen molar-refractivity contribution < 1.29 is 33.7 Å². The third-order valence-electron chi connectivity index (χ3n) is 10.0. The van der Waals surface area contributed by atoms with Gasteiger partial charge in [0.1, 0.15) is 5.83 Å². The zero-order valence-electron chi connectivity index (χ0n) is 29.0. The van der Waals surface area contributed by atoms with E-state index in [2.05, 4.69) is 50.1 Å². The monoisotopic (exact) mass is 672 g/mol. The van der Waals surface area contributed by atoms with Gasteiger partial charge in [-0.3, -0.25) is 0 Å². The lowest BCUT2D eigenvalue weighted by Gasteiger charge is -2.32. The summed E-state index contributed by atoms with van der Waals surface area (Å²) in [6, 6.07) is 6.48. The van der Waals surface area contributed by atoms with Crippen LogP contribution in [0, 0.1) is 11.8 Å². The van der Waals surface area contributed by atoms with Gasteiger partial charge >= 0.3 is 11.9 Å². The Morgan fingerprint density at radius 2 is 1.35 bits per heavy atom. The molecule has 1 aromatic rings. The molecule has 3 aliphatic rings. The smallest absolute Gasteiger partial charge is 0.335 e. The number of allylic oxidation sites excluding steroid dienone is 9. The van der Waals surface area contributed by atoms with E-state index in [1.165, 1.54) is 30.4 Å². The molecule has 3 aliphatic carbocycles. The van der Waals surface area contributed by atoms with Gasteiger partial charge in [0, 0.05) is 0 Å². The van der Waals surface area contributed by atoms with E-state index in [0.29, 0.717) is 31.6 Å². The fourth-order valence-electron chi connectivity index (χ4n) is 7.11. The quantitative estimate of drug-likeness (QED) is 0.0703. The highest BCUT2D eigenvalue weighted by Gasteiger charge is 2.28. The van der Waals surface area contributed by atoms with E-state index >= 15 is 4.39 Å². The number of carbonyl (C=O) groups is 2. The van der Waals surface area contributed by atoms with Crippen LogP contribution in [0.4, 0.5) is 4.39 Å². The number of hydrogen-bond donors (Lipinski definition) is 2. The van der Waals surface area contributed by atoms with Gasteiger partial charge in [-0.05, 0) is 147 Å². The molecule has 1 saturated carbocycles. The van der Waals surface area contributed by atoms with Crippen molar-refractivity contribution in [2.24, 2.45) is 11.8 Å². The third kappa shape index (κ3) is 11.4. The molecule has 4 rings (SSSR count). The minimum Gasteiger partial charge on any atom is -0.462 e. The van der Waals surface area contributed by atoms with E-state index in [0.717, 1.165) is 78.7 Å². The first-order valence-electron chi connectivity index (χ1n) is 17.9. The number of aliphatic hydroxyl groups is 2. The van der Waals surface area contributed by atoms with Gasteiger partial charge < -0.3 is 19.7 Å². The van der Waals surface area contributed by atoms with Crippen LogP contribution in [-0.4, -0.2) is 48.6 Å². The summed E-state index contributed by atoms with van der Waals surface area (Å²) < 4.78 is 25.9. The zero-order valence-corrected chi connectivity index (χ0v) is 29.0. The summed E-state index contributed by atoms with van der Waals surface area (Å²) in [4.78, 5) is 23.7. The minimum atomic E-state index is -0.591. The molecule has 2 N–H and O–H groups in total. The Kier molecular flexibility index (Phi) is 15.0. The molecule has 7 heteroatoms. The fraction of sp³-hybridized carbons (Fsp3) is 0.476. The molecular weight excluding hydrogens is 619 g/mol. The molecule has 0 aliphatic heterocycles. The maximum Gasteiger partial charge on any atom is 0.335 e. The number of halogens is 1. The lowest BCUT2D eigenvalue weighted by Crippen LogP contribution is -2.18. The predicted octanol–water partition coefficient (Wildman–Crippen LogP) is 8.56. The van der Waals surface area contributed by atoms with Crippen LogP contribution in [0.15, 0.2) is 95.9 Å². The standard InChI is InChI=1S/C42H53FO6/c1-4-5-8-31-11-13-36(14-12-31)39-20-19-37(26-40(39)43)34-15-17-35(18-16-34)38-24-32(9-6-21-48-41(46)29(2)27-44)23-33(25-38)10-7-22-49-42(47)30(3)28-45/h4,15,17,23-26,31,36,44-45H,1-3,5-14,16,18-22,27-28H2. The molecule has 0 radical (unpaired) electrons. The van der Waals surface area contributed by atoms with Crippen molar-refractivity contribution in [3.05, 3.63) is 113 Å². The molecule has 1 aromatic carbocycles. The first kappa shape index (κ1) is 38.0. The Balaban J connectivity index is 1.43. The summed E-state index contributed by atoms with van der Waals surface area (Å²) in [6.07, 6.45) is 21.0. The number of hydrogen-bond acceptors (Lipinski definition) is 6. The maximum absolute atomic E-state index is 15.5. The highest BCUT2D eigenvalue weighted by Crippen LogP contribution is 2.43. The Morgan fingerprint density at radius 3 is 1.86 bits per heavy atom. The first-order valence-corrected chi connectivity index (χ1v) is 17.9. The van der Waals surface area contributed by atoms with Crippen LogP contribution in [-0.2, 0) is 31.9 Å². The maximum atomic E-state index is 15.5. The molecule has 0 saturated heterocycles. The summed E-state index contributed by atoms with van der Waals surface area (Å²) in [6.45, 7) is 10.4. The van der Waals surface area contributed by atoms with Crippen molar-refractivity contribution in [1.82, 2.24) is 0 Å². The predicted molar refractivity (Wildman–Crippen MR) is 193 cm³/mol. The van der Waals surface area contributed by atoms with Gasteiger partial charge in [-0.1, -0.05) is 49.6 Å². The average Bonchev–Trinajstić information content (AvgIpc) is 3.13. The second kappa shape index (κ2) is 19.4. The fourth-order valence-corrected chi connectivity index (χ4v) is 7.11. The molecular formula is C42H53FO6. The Labute approximate surface area is 291 Å². The Hall–Kier alpha value is -3.81. The number of esters is 2. The topological polar surface area (TPSA) is 93.1 Å². The highest BCUT2D eigenvalue weighted by molar-refractivity contribution is 5.88. The molecule has 0 spiro atoms. The number of benzene rings is 1. The minimum absolute atomic E-state index is 0.0125. The van der Waals surface area contributed by atoms with Crippen molar-refractivity contribution in [3.8, 4) is 0 Å². The van der Waals surface area contributed by atoms with Crippen LogP contribution in [0.2, 0.25) is 0 Å². The Morgan fingerprint density at radius 1 is 0.796 bits per heavy atom. The van der Waals surface area contributed by atoms with E-state index in [1.54, 1.807) is 6.08 Å². The van der Waals surface area contributed by atoms with Crippen LogP contribution in [0.1, 0.15) is 93.7 Å². The van der Waals surface area contributed by atoms with Gasteiger partial charge in [0.15, 0.2) is 0 Å². The van der Waals surface area contributed by atoms with Gasteiger partial charge in [0.05, 0.1) is 37.6 Å². The van der Waals surface area contributed by atoms with Gasteiger partial charge in [-0.25, -0.2) is 14.0 Å². The van der Waals surface area contributed by atoms with Gasteiger partial charge in [0.25, 0.3) is 0 Å². The molecule has 0 aromatic heterocycles. The molecule has 49 heavy (non-hydrogen) atoms. The van der Waals surface area contributed by atoms with E-state index in [4.69, 9.17) is 19.7 Å². The number of aliphatic hydroxyl groups excluding tert-OH is 2. The molecule has 264 valence electrons. The number of carbonyl (C=O) groups excluding carboxylic acids is 2. The molecule has 0 atom stereocenters. The largest absolute Gasteiger partial charge is 0.462 e. The van der Waals surface area contributed by atoms with E-state index in [-0.39, 0.29) is 30.2 Å². The molecule has 1 fully saturated rings. The average molecular weight is 673 g/mol. The van der Waals surface area contributed by atoms with Crippen molar-refractivity contribution in [2.45, 2.75) is 89.9 Å². The van der Waals surface area contributed by atoms with Crippen molar-refractivity contribution in [3.63, 3.8) is 0 Å². The second-order valence-corrected chi connectivity index (χ2v) is 13.6. The second-order valence-electron chi connectivity index (χ2n) is 13.6. The normalized spacial score (nSPS) is 19.4. The van der Waals surface area contributed by atoms with Crippen LogP contribution in [0.3, 0.4) is 0 Å². The van der Waals surface area contributed by atoms with Crippen LogP contribution in [0.5, 0.6) is 0 Å². The van der Waals surface area contributed by atoms with E-state index in [1.807, 2.05) is 6.08 Å². The summed E-state index contributed by atoms with van der Waals surface area (Å²) in [5.74, 6) is -0.0607.